The van der Waals surface area contributed by atoms with Crippen LogP contribution in [0.15, 0.2) is 0 Å². The Morgan fingerprint density at radius 1 is 1.50 bits per heavy atom. The highest BCUT2D eigenvalue weighted by molar-refractivity contribution is 5.79. The van der Waals surface area contributed by atoms with E-state index in [9.17, 15) is 4.79 Å². The van der Waals surface area contributed by atoms with Gasteiger partial charge in [-0.1, -0.05) is 6.92 Å². The van der Waals surface area contributed by atoms with Crippen molar-refractivity contribution < 1.29 is 9.53 Å². The first kappa shape index (κ1) is 13.5. The lowest BCUT2D eigenvalue weighted by Crippen LogP contribution is -2.56. The Hall–Kier alpha value is -0.610. The number of carbonyl (C=O) groups excluding carboxylic acids is 1. The van der Waals surface area contributed by atoms with Crippen molar-refractivity contribution in [3.63, 3.8) is 0 Å². The first-order chi connectivity index (χ1) is 7.23. The molecule has 0 aliphatic carbocycles. The van der Waals surface area contributed by atoms with E-state index in [0.717, 1.165) is 0 Å². The van der Waals surface area contributed by atoms with Crippen molar-refractivity contribution in [1.29, 1.82) is 0 Å². The van der Waals surface area contributed by atoms with E-state index in [0.29, 0.717) is 13.1 Å². The minimum atomic E-state index is -0.259. The Balaban J connectivity index is 2.69. The average molecular weight is 228 g/mol. The van der Waals surface area contributed by atoms with Crippen LogP contribution in [0.2, 0.25) is 0 Å². The number of hydrogen-bond donors (Lipinski definition) is 1. The fourth-order valence-electron chi connectivity index (χ4n) is 2.13. The van der Waals surface area contributed by atoms with Gasteiger partial charge < -0.3 is 15.4 Å². The number of rotatable bonds is 2. The molecule has 0 radical (unpaired) electrons. The maximum atomic E-state index is 12.2. The quantitative estimate of drug-likeness (QED) is 0.767. The number of nitrogens with zero attached hydrogens (tertiary/aromatic N) is 1. The SMILES string of the molecule is CC1CN(C(=O)C(C)C(C)N)CC(C)(C)O1. The summed E-state index contributed by atoms with van der Waals surface area (Å²) in [4.78, 5) is 14.0. The second-order valence-electron chi connectivity index (χ2n) is 5.55. The number of morpholine rings is 1. The molecule has 1 amide bonds. The molecule has 1 rings (SSSR count). The van der Waals surface area contributed by atoms with Gasteiger partial charge in [-0.2, -0.15) is 0 Å². The standard InChI is InChI=1S/C12H24N2O2/c1-8-6-14(7-12(4,5)16-8)11(15)9(2)10(3)13/h8-10H,6-7,13H2,1-5H3. The van der Waals surface area contributed by atoms with Gasteiger partial charge in [0.2, 0.25) is 5.91 Å². The Bertz CT molecular complexity index is 264. The van der Waals surface area contributed by atoms with Crippen LogP contribution in [0.5, 0.6) is 0 Å². The second-order valence-corrected chi connectivity index (χ2v) is 5.55. The first-order valence-corrected chi connectivity index (χ1v) is 5.95. The Kier molecular flexibility index (Phi) is 3.97. The van der Waals surface area contributed by atoms with E-state index in [4.69, 9.17) is 10.5 Å². The van der Waals surface area contributed by atoms with Crippen molar-refractivity contribution in [2.75, 3.05) is 13.1 Å². The Morgan fingerprint density at radius 3 is 2.50 bits per heavy atom. The van der Waals surface area contributed by atoms with E-state index in [1.807, 2.05) is 39.5 Å². The summed E-state index contributed by atoms with van der Waals surface area (Å²) in [5.74, 6) is 0.0133. The third kappa shape index (κ3) is 3.19. The van der Waals surface area contributed by atoms with Crippen LogP contribution in [0.3, 0.4) is 0 Å². The molecule has 1 heterocycles. The number of carbonyl (C=O) groups is 1. The molecule has 3 atom stereocenters. The van der Waals surface area contributed by atoms with Gasteiger partial charge in [-0.05, 0) is 27.7 Å². The molecule has 1 aliphatic rings. The summed E-state index contributed by atoms with van der Waals surface area (Å²) in [6.07, 6.45) is 0.0907. The number of nitrogens with two attached hydrogens (primary N) is 1. The van der Waals surface area contributed by atoms with Crippen molar-refractivity contribution in [2.24, 2.45) is 11.7 Å². The molecule has 1 saturated heterocycles. The van der Waals surface area contributed by atoms with Crippen LogP contribution in [0, 0.1) is 5.92 Å². The van der Waals surface area contributed by atoms with Gasteiger partial charge >= 0.3 is 0 Å². The predicted molar refractivity (Wildman–Crippen MR) is 64.0 cm³/mol. The van der Waals surface area contributed by atoms with Gasteiger partial charge in [0, 0.05) is 19.1 Å². The van der Waals surface area contributed by atoms with Gasteiger partial charge in [0.1, 0.15) is 0 Å². The van der Waals surface area contributed by atoms with Crippen LogP contribution in [0.4, 0.5) is 0 Å². The largest absolute Gasteiger partial charge is 0.369 e. The van der Waals surface area contributed by atoms with Crippen molar-refractivity contribution in [3.8, 4) is 0 Å². The molecule has 0 aromatic heterocycles. The van der Waals surface area contributed by atoms with E-state index >= 15 is 0 Å². The lowest BCUT2D eigenvalue weighted by Gasteiger charge is -2.42. The van der Waals surface area contributed by atoms with Crippen molar-refractivity contribution in [3.05, 3.63) is 0 Å². The molecular weight excluding hydrogens is 204 g/mol. The van der Waals surface area contributed by atoms with Gasteiger partial charge in [-0.3, -0.25) is 4.79 Å². The van der Waals surface area contributed by atoms with Gasteiger partial charge in [0.15, 0.2) is 0 Å². The molecular formula is C12H24N2O2. The van der Waals surface area contributed by atoms with Crippen LogP contribution in [0.1, 0.15) is 34.6 Å². The second kappa shape index (κ2) is 4.72. The third-order valence-electron chi connectivity index (χ3n) is 3.06. The topological polar surface area (TPSA) is 55.6 Å². The lowest BCUT2D eigenvalue weighted by molar-refractivity contribution is -0.161. The van der Waals surface area contributed by atoms with Crippen molar-refractivity contribution in [1.82, 2.24) is 4.90 Å². The molecule has 3 unspecified atom stereocenters. The van der Waals surface area contributed by atoms with Gasteiger partial charge in [0.25, 0.3) is 0 Å². The van der Waals surface area contributed by atoms with E-state index in [2.05, 4.69) is 0 Å². The van der Waals surface area contributed by atoms with Gasteiger partial charge in [-0.15, -0.1) is 0 Å². The smallest absolute Gasteiger partial charge is 0.227 e. The Morgan fingerprint density at radius 2 is 2.06 bits per heavy atom. The van der Waals surface area contributed by atoms with Gasteiger partial charge in [0.05, 0.1) is 17.6 Å². The van der Waals surface area contributed by atoms with Crippen LogP contribution < -0.4 is 5.73 Å². The maximum absolute atomic E-state index is 12.2. The summed E-state index contributed by atoms with van der Waals surface area (Å²) in [5, 5.41) is 0. The van der Waals surface area contributed by atoms with Crippen LogP contribution in [-0.4, -0.2) is 41.6 Å². The molecule has 2 N–H and O–H groups in total. The number of hydrogen-bond acceptors (Lipinski definition) is 3. The molecule has 0 aromatic carbocycles. The Labute approximate surface area is 98.1 Å². The zero-order valence-electron chi connectivity index (χ0n) is 11.0. The molecule has 0 bridgehead atoms. The fraction of sp³-hybridized carbons (Fsp3) is 0.917. The molecule has 16 heavy (non-hydrogen) atoms. The van der Waals surface area contributed by atoms with Crippen molar-refractivity contribution >= 4 is 5.91 Å². The maximum Gasteiger partial charge on any atom is 0.227 e. The summed E-state index contributed by atoms with van der Waals surface area (Å²) in [5.41, 5.74) is 5.51. The minimum Gasteiger partial charge on any atom is -0.369 e. The number of ether oxygens (including phenoxy) is 1. The van der Waals surface area contributed by atoms with Crippen LogP contribution in [0.25, 0.3) is 0 Å². The number of amides is 1. The lowest BCUT2D eigenvalue weighted by atomic mass is 9.99. The first-order valence-electron chi connectivity index (χ1n) is 5.95. The normalized spacial score (nSPS) is 28.6. The van der Waals surface area contributed by atoms with E-state index in [1.165, 1.54) is 0 Å². The predicted octanol–water partition coefficient (Wildman–Crippen LogP) is 0.996. The molecule has 94 valence electrons. The average Bonchev–Trinajstić information content (AvgIpc) is 2.12. The molecule has 0 spiro atoms. The highest BCUT2D eigenvalue weighted by Gasteiger charge is 2.35. The highest BCUT2D eigenvalue weighted by Crippen LogP contribution is 2.22. The minimum absolute atomic E-state index is 0.0907. The summed E-state index contributed by atoms with van der Waals surface area (Å²) in [6.45, 7) is 11.1. The molecule has 1 aliphatic heterocycles. The zero-order chi connectivity index (χ0) is 12.5. The molecule has 4 nitrogen and oxygen atoms in total. The van der Waals surface area contributed by atoms with Crippen LogP contribution >= 0.6 is 0 Å². The summed E-state index contributed by atoms with van der Waals surface area (Å²) >= 11 is 0. The van der Waals surface area contributed by atoms with Crippen molar-refractivity contribution in [2.45, 2.75) is 52.4 Å². The van der Waals surface area contributed by atoms with E-state index in [1.54, 1.807) is 0 Å². The highest BCUT2D eigenvalue weighted by atomic mass is 16.5. The molecule has 4 heteroatoms. The van der Waals surface area contributed by atoms with Gasteiger partial charge in [-0.25, -0.2) is 0 Å². The summed E-state index contributed by atoms with van der Waals surface area (Å²) in [6, 6.07) is -0.103. The molecule has 1 fully saturated rings. The molecule has 0 saturated carbocycles. The van der Waals surface area contributed by atoms with Crippen LogP contribution in [-0.2, 0) is 9.53 Å². The zero-order valence-corrected chi connectivity index (χ0v) is 11.0. The summed E-state index contributed by atoms with van der Waals surface area (Å²) < 4.78 is 5.77. The van der Waals surface area contributed by atoms with E-state index in [-0.39, 0.29) is 29.6 Å². The molecule has 0 aromatic rings. The monoisotopic (exact) mass is 228 g/mol. The van der Waals surface area contributed by atoms with E-state index < -0.39 is 0 Å². The summed E-state index contributed by atoms with van der Waals surface area (Å²) in [7, 11) is 0. The fourth-order valence-corrected chi connectivity index (χ4v) is 2.13. The third-order valence-corrected chi connectivity index (χ3v) is 3.06.